The van der Waals surface area contributed by atoms with Crippen molar-refractivity contribution in [3.05, 3.63) is 23.8 Å². The van der Waals surface area contributed by atoms with E-state index in [-0.39, 0.29) is 0 Å². The van der Waals surface area contributed by atoms with Gasteiger partial charge in [0.05, 0.1) is 5.69 Å². The van der Waals surface area contributed by atoms with Crippen molar-refractivity contribution in [2.24, 2.45) is 5.92 Å². The average Bonchev–Trinajstić information content (AvgIpc) is 2.48. The molecule has 0 radical (unpaired) electrons. The van der Waals surface area contributed by atoms with Crippen LogP contribution in [0.5, 0.6) is 5.75 Å². The number of nitrogens with zero attached hydrogens (tertiary/aromatic N) is 1. The summed E-state index contributed by atoms with van der Waals surface area (Å²) in [4.78, 5) is 2.51. The Bertz CT molecular complexity index is 452. The number of hydrogen-bond donors (Lipinski definition) is 1. The molecule has 0 bridgehead atoms. The van der Waals surface area contributed by atoms with Crippen LogP contribution >= 0.6 is 0 Å². The Morgan fingerprint density at radius 2 is 2.05 bits per heavy atom. The molecule has 1 heterocycles. The van der Waals surface area contributed by atoms with Crippen molar-refractivity contribution >= 4 is 5.69 Å². The van der Waals surface area contributed by atoms with E-state index in [0.717, 1.165) is 43.1 Å². The number of anilines is 1. The smallest absolute Gasteiger partial charge is 0.146 e. The minimum atomic E-state index is 0.735. The molecular formula is C17H26N2O. The van der Waals surface area contributed by atoms with Crippen molar-refractivity contribution < 1.29 is 4.74 Å². The zero-order chi connectivity index (χ0) is 13.9. The Balaban J connectivity index is 1.68. The van der Waals surface area contributed by atoms with Gasteiger partial charge in [0.25, 0.3) is 0 Å². The van der Waals surface area contributed by atoms with Crippen molar-refractivity contribution in [3.8, 4) is 5.75 Å². The molecule has 1 saturated carbocycles. The maximum atomic E-state index is 5.87. The number of benzene rings is 1. The van der Waals surface area contributed by atoms with E-state index < -0.39 is 0 Å². The van der Waals surface area contributed by atoms with E-state index in [1.807, 2.05) is 0 Å². The topological polar surface area (TPSA) is 24.5 Å². The molecule has 0 amide bonds. The lowest BCUT2D eigenvalue weighted by Gasteiger charge is -2.34. The molecule has 110 valence electrons. The van der Waals surface area contributed by atoms with E-state index in [1.54, 1.807) is 0 Å². The molecule has 0 spiro atoms. The van der Waals surface area contributed by atoms with Gasteiger partial charge in [-0.15, -0.1) is 0 Å². The lowest BCUT2D eigenvalue weighted by atomic mass is 9.86. The number of nitrogens with one attached hydrogen (secondary N) is 1. The fourth-order valence-electron chi connectivity index (χ4n) is 3.44. The van der Waals surface area contributed by atoms with Crippen LogP contribution in [0.4, 0.5) is 5.69 Å². The minimum Gasteiger partial charge on any atom is -0.489 e. The van der Waals surface area contributed by atoms with Crippen molar-refractivity contribution in [1.82, 2.24) is 4.90 Å². The Kier molecular flexibility index (Phi) is 4.16. The summed E-state index contributed by atoms with van der Waals surface area (Å²) in [6, 6.07) is 7.18. The first-order valence-electron chi connectivity index (χ1n) is 7.93. The van der Waals surface area contributed by atoms with Gasteiger partial charge in [0.1, 0.15) is 12.4 Å². The van der Waals surface area contributed by atoms with Crippen LogP contribution in [0.1, 0.15) is 38.2 Å². The van der Waals surface area contributed by atoms with Gasteiger partial charge in [-0.1, -0.05) is 19.1 Å². The third kappa shape index (κ3) is 2.93. The number of hydrogen-bond acceptors (Lipinski definition) is 3. The summed E-state index contributed by atoms with van der Waals surface area (Å²) in [5.41, 5.74) is 2.47. The van der Waals surface area contributed by atoms with E-state index in [0.29, 0.717) is 0 Å². The summed E-state index contributed by atoms with van der Waals surface area (Å²) in [7, 11) is 2.26. The SMILES string of the molecule is CC1CCC(N(C)Cc2cccc3c2OCCN3)CC1. The molecule has 1 aromatic rings. The van der Waals surface area contributed by atoms with Gasteiger partial charge in [0.15, 0.2) is 0 Å². The van der Waals surface area contributed by atoms with Crippen molar-refractivity contribution in [2.75, 3.05) is 25.5 Å². The van der Waals surface area contributed by atoms with Gasteiger partial charge in [-0.2, -0.15) is 0 Å². The molecule has 3 heteroatoms. The summed E-state index contributed by atoms with van der Waals surface area (Å²) < 4.78 is 5.87. The Morgan fingerprint density at radius 1 is 1.25 bits per heavy atom. The standard InChI is InChI=1S/C17H26N2O/c1-13-6-8-15(9-7-13)19(2)12-14-4-3-5-16-17(14)20-11-10-18-16/h3-5,13,15,18H,6-12H2,1-2H3. The fourth-order valence-corrected chi connectivity index (χ4v) is 3.44. The highest BCUT2D eigenvalue weighted by atomic mass is 16.5. The Labute approximate surface area is 122 Å². The van der Waals surface area contributed by atoms with Crippen LogP contribution in [0.25, 0.3) is 0 Å². The van der Waals surface area contributed by atoms with E-state index in [9.17, 15) is 0 Å². The lowest BCUT2D eigenvalue weighted by Crippen LogP contribution is -2.34. The maximum absolute atomic E-state index is 5.87. The number of ether oxygens (including phenoxy) is 1. The summed E-state index contributed by atoms with van der Waals surface area (Å²) >= 11 is 0. The molecule has 1 aromatic carbocycles. The molecule has 0 saturated heterocycles. The summed E-state index contributed by atoms with van der Waals surface area (Å²) in [6.07, 6.45) is 5.43. The summed E-state index contributed by atoms with van der Waals surface area (Å²) in [6.45, 7) is 5.05. The molecular weight excluding hydrogens is 248 g/mol. The fraction of sp³-hybridized carbons (Fsp3) is 0.647. The third-order valence-corrected chi connectivity index (χ3v) is 4.79. The monoisotopic (exact) mass is 274 g/mol. The van der Waals surface area contributed by atoms with Gasteiger partial charge in [-0.05, 0) is 44.7 Å². The van der Waals surface area contributed by atoms with Gasteiger partial charge in [-0.25, -0.2) is 0 Å². The summed E-state index contributed by atoms with van der Waals surface area (Å²) in [5, 5.41) is 3.42. The minimum absolute atomic E-state index is 0.735. The first-order valence-corrected chi connectivity index (χ1v) is 7.93. The zero-order valence-corrected chi connectivity index (χ0v) is 12.7. The van der Waals surface area contributed by atoms with Gasteiger partial charge < -0.3 is 10.1 Å². The largest absolute Gasteiger partial charge is 0.489 e. The average molecular weight is 274 g/mol. The van der Waals surface area contributed by atoms with Crippen LogP contribution < -0.4 is 10.1 Å². The molecule has 1 N–H and O–H groups in total. The van der Waals surface area contributed by atoms with E-state index in [2.05, 4.69) is 42.4 Å². The second kappa shape index (κ2) is 6.04. The number of rotatable bonds is 3. The highest BCUT2D eigenvalue weighted by Gasteiger charge is 2.23. The molecule has 20 heavy (non-hydrogen) atoms. The molecule has 3 nitrogen and oxygen atoms in total. The van der Waals surface area contributed by atoms with Gasteiger partial charge >= 0.3 is 0 Å². The highest BCUT2D eigenvalue weighted by Crippen LogP contribution is 2.33. The Hall–Kier alpha value is -1.22. The van der Waals surface area contributed by atoms with Crippen LogP contribution in [-0.2, 0) is 6.54 Å². The van der Waals surface area contributed by atoms with Crippen molar-refractivity contribution in [2.45, 2.75) is 45.2 Å². The van der Waals surface area contributed by atoms with Crippen LogP contribution in [0.2, 0.25) is 0 Å². The quantitative estimate of drug-likeness (QED) is 0.913. The Morgan fingerprint density at radius 3 is 2.85 bits per heavy atom. The van der Waals surface area contributed by atoms with Crippen molar-refractivity contribution in [1.29, 1.82) is 0 Å². The van der Waals surface area contributed by atoms with Crippen molar-refractivity contribution in [3.63, 3.8) is 0 Å². The molecule has 0 aromatic heterocycles. The predicted molar refractivity (Wildman–Crippen MR) is 83.3 cm³/mol. The molecule has 1 aliphatic heterocycles. The van der Waals surface area contributed by atoms with Crippen LogP contribution in [0.3, 0.4) is 0 Å². The molecule has 1 fully saturated rings. The molecule has 3 rings (SSSR count). The molecule has 1 aliphatic carbocycles. The van der Waals surface area contributed by atoms with Crippen LogP contribution in [-0.4, -0.2) is 31.1 Å². The maximum Gasteiger partial charge on any atom is 0.146 e. The van der Waals surface area contributed by atoms with E-state index >= 15 is 0 Å². The first kappa shape index (κ1) is 13.7. The van der Waals surface area contributed by atoms with Gasteiger partial charge in [0.2, 0.25) is 0 Å². The van der Waals surface area contributed by atoms with E-state index in [1.165, 1.54) is 31.2 Å². The second-order valence-corrected chi connectivity index (χ2v) is 6.40. The van der Waals surface area contributed by atoms with Gasteiger partial charge in [0, 0.05) is 24.7 Å². The molecule has 0 unspecified atom stereocenters. The highest BCUT2D eigenvalue weighted by molar-refractivity contribution is 5.61. The summed E-state index contributed by atoms with van der Waals surface area (Å²) in [5.74, 6) is 1.98. The number of para-hydroxylation sites is 1. The van der Waals surface area contributed by atoms with Crippen LogP contribution in [0, 0.1) is 5.92 Å². The van der Waals surface area contributed by atoms with E-state index in [4.69, 9.17) is 4.74 Å². The number of fused-ring (bicyclic) bond motifs is 1. The van der Waals surface area contributed by atoms with Crippen LogP contribution in [0.15, 0.2) is 18.2 Å². The third-order valence-electron chi connectivity index (χ3n) is 4.79. The molecule has 2 aliphatic rings. The zero-order valence-electron chi connectivity index (χ0n) is 12.7. The molecule has 0 atom stereocenters. The second-order valence-electron chi connectivity index (χ2n) is 6.40. The predicted octanol–water partition coefficient (Wildman–Crippen LogP) is 3.50. The normalized spacial score (nSPS) is 25.8. The van der Waals surface area contributed by atoms with Gasteiger partial charge in [-0.3, -0.25) is 4.90 Å². The first-order chi connectivity index (χ1) is 9.74. The lowest BCUT2D eigenvalue weighted by molar-refractivity contribution is 0.162.